The van der Waals surface area contributed by atoms with E-state index in [0.29, 0.717) is 41.3 Å². The van der Waals surface area contributed by atoms with E-state index < -0.39 is 5.82 Å². The third-order valence-corrected chi connectivity index (χ3v) is 3.68. The van der Waals surface area contributed by atoms with Crippen LogP contribution in [-0.4, -0.2) is 13.2 Å². The summed E-state index contributed by atoms with van der Waals surface area (Å²) in [5.74, 6) is 0.756. The molecule has 1 heterocycles. The number of benzene rings is 2. The molecule has 0 atom stereocenters. The predicted octanol–water partition coefficient (Wildman–Crippen LogP) is 4.52. The van der Waals surface area contributed by atoms with Gasteiger partial charge in [-0.15, -0.1) is 0 Å². The number of nitrogens with one attached hydrogen (secondary N) is 1. The Balaban J connectivity index is 1.81. The van der Waals surface area contributed by atoms with Crippen LogP contribution in [0.5, 0.6) is 11.5 Å². The van der Waals surface area contributed by atoms with Gasteiger partial charge in [0.1, 0.15) is 19.0 Å². The molecule has 3 rings (SSSR count). The van der Waals surface area contributed by atoms with Crippen LogP contribution in [0.2, 0.25) is 10.0 Å². The number of hydrogen-bond acceptors (Lipinski definition) is 3. The molecule has 1 aliphatic heterocycles. The summed E-state index contributed by atoms with van der Waals surface area (Å²) in [7, 11) is 0. The number of fused-ring (bicyclic) bond motifs is 1. The van der Waals surface area contributed by atoms with Crippen molar-refractivity contribution in [3.63, 3.8) is 0 Å². The van der Waals surface area contributed by atoms with Gasteiger partial charge in [-0.3, -0.25) is 0 Å². The van der Waals surface area contributed by atoms with Crippen LogP contribution in [-0.2, 0) is 6.54 Å². The molecular weight excluding hydrogens is 316 g/mol. The second-order valence-corrected chi connectivity index (χ2v) is 5.37. The molecule has 0 saturated carbocycles. The Bertz CT molecular complexity index is 659. The molecule has 2 aromatic rings. The van der Waals surface area contributed by atoms with Gasteiger partial charge in [0.15, 0.2) is 11.5 Å². The number of anilines is 1. The Hall–Kier alpha value is -1.65. The highest BCUT2D eigenvalue weighted by molar-refractivity contribution is 6.33. The topological polar surface area (TPSA) is 30.5 Å². The van der Waals surface area contributed by atoms with Gasteiger partial charge in [0.2, 0.25) is 0 Å². The van der Waals surface area contributed by atoms with E-state index in [1.54, 1.807) is 18.2 Å². The van der Waals surface area contributed by atoms with E-state index in [0.717, 1.165) is 5.56 Å². The van der Waals surface area contributed by atoms with Gasteiger partial charge in [0.25, 0.3) is 0 Å². The van der Waals surface area contributed by atoms with Crippen molar-refractivity contribution in [1.29, 1.82) is 0 Å². The van der Waals surface area contributed by atoms with Crippen molar-refractivity contribution >= 4 is 28.9 Å². The van der Waals surface area contributed by atoms with Crippen LogP contribution in [0.15, 0.2) is 30.3 Å². The summed E-state index contributed by atoms with van der Waals surface area (Å²) in [5, 5.41) is 3.78. The Morgan fingerprint density at radius 1 is 1.10 bits per heavy atom. The summed E-state index contributed by atoms with van der Waals surface area (Å²) >= 11 is 12.1. The highest BCUT2D eigenvalue weighted by Crippen LogP contribution is 2.38. The molecule has 0 amide bonds. The van der Waals surface area contributed by atoms with Crippen LogP contribution in [0.3, 0.4) is 0 Å². The number of hydrogen-bond donors (Lipinski definition) is 1. The first-order valence-electron chi connectivity index (χ1n) is 6.41. The van der Waals surface area contributed by atoms with E-state index in [1.165, 1.54) is 6.07 Å². The minimum absolute atomic E-state index is 0.269. The summed E-state index contributed by atoms with van der Waals surface area (Å²) < 4.78 is 24.6. The molecule has 110 valence electrons. The Kier molecular flexibility index (Phi) is 4.08. The van der Waals surface area contributed by atoms with Gasteiger partial charge in [0, 0.05) is 6.54 Å². The third-order valence-electron chi connectivity index (χ3n) is 3.09. The molecule has 1 N–H and O–H groups in total. The van der Waals surface area contributed by atoms with Crippen molar-refractivity contribution in [2.45, 2.75) is 6.54 Å². The maximum absolute atomic E-state index is 13.7. The SMILES string of the molecule is Fc1cccc(Cl)c1NCc1cc(Cl)c2c(c1)OCCO2. The molecule has 0 saturated heterocycles. The molecule has 1 aliphatic rings. The first-order chi connectivity index (χ1) is 10.1. The highest BCUT2D eigenvalue weighted by Gasteiger charge is 2.17. The van der Waals surface area contributed by atoms with Crippen molar-refractivity contribution < 1.29 is 13.9 Å². The Morgan fingerprint density at radius 3 is 2.71 bits per heavy atom. The summed E-state index contributed by atoms with van der Waals surface area (Å²) in [6.07, 6.45) is 0. The van der Waals surface area contributed by atoms with Crippen LogP contribution < -0.4 is 14.8 Å². The van der Waals surface area contributed by atoms with Crippen LogP contribution in [0.1, 0.15) is 5.56 Å². The lowest BCUT2D eigenvalue weighted by Gasteiger charge is -2.20. The first kappa shape index (κ1) is 14.3. The molecule has 0 bridgehead atoms. The molecule has 0 fully saturated rings. The molecule has 0 aromatic heterocycles. The van der Waals surface area contributed by atoms with Crippen LogP contribution >= 0.6 is 23.2 Å². The lowest BCUT2D eigenvalue weighted by atomic mass is 10.2. The molecule has 2 aromatic carbocycles. The van der Waals surface area contributed by atoms with E-state index in [-0.39, 0.29) is 5.69 Å². The lowest BCUT2D eigenvalue weighted by Crippen LogP contribution is -2.16. The van der Waals surface area contributed by atoms with Crippen LogP contribution in [0.25, 0.3) is 0 Å². The molecule has 21 heavy (non-hydrogen) atoms. The zero-order valence-corrected chi connectivity index (χ0v) is 12.5. The van der Waals surface area contributed by atoms with Gasteiger partial charge >= 0.3 is 0 Å². The van der Waals surface area contributed by atoms with Crippen LogP contribution in [0, 0.1) is 5.82 Å². The fraction of sp³-hybridized carbons (Fsp3) is 0.200. The molecule has 0 spiro atoms. The standard InChI is InChI=1S/C15H12Cl2FNO2/c16-10-2-1-3-12(18)14(10)19-8-9-6-11(17)15-13(7-9)20-4-5-21-15/h1-3,6-7,19H,4-5,8H2. The Labute approximate surface area is 131 Å². The summed E-state index contributed by atoms with van der Waals surface area (Å²) in [4.78, 5) is 0. The second kappa shape index (κ2) is 6.00. The predicted molar refractivity (Wildman–Crippen MR) is 81.2 cm³/mol. The molecule has 0 unspecified atom stereocenters. The lowest BCUT2D eigenvalue weighted by molar-refractivity contribution is 0.171. The smallest absolute Gasteiger partial charge is 0.179 e. The van der Waals surface area contributed by atoms with Gasteiger partial charge < -0.3 is 14.8 Å². The molecule has 6 heteroatoms. The average molecular weight is 328 g/mol. The van der Waals surface area contributed by atoms with Gasteiger partial charge in [-0.1, -0.05) is 29.3 Å². The largest absolute Gasteiger partial charge is 0.486 e. The minimum Gasteiger partial charge on any atom is -0.486 e. The maximum atomic E-state index is 13.7. The van der Waals surface area contributed by atoms with E-state index in [4.69, 9.17) is 32.7 Å². The molecular formula is C15H12Cl2FNO2. The third kappa shape index (κ3) is 3.01. The normalized spacial score (nSPS) is 13.1. The number of para-hydroxylation sites is 1. The second-order valence-electron chi connectivity index (χ2n) is 4.55. The monoisotopic (exact) mass is 327 g/mol. The Morgan fingerprint density at radius 2 is 1.90 bits per heavy atom. The van der Waals surface area contributed by atoms with E-state index in [1.807, 2.05) is 6.07 Å². The van der Waals surface area contributed by atoms with Gasteiger partial charge in [-0.25, -0.2) is 4.39 Å². The number of rotatable bonds is 3. The van der Waals surface area contributed by atoms with Gasteiger partial charge in [0.05, 0.1) is 15.7 Å². The maximum Gasteiger partial charge on any atom is 0.179 e. The summed E-state index contributed by atoms with van der Waals surface area (Å²) in [6.45, 7) is 1.34. The molecule has 3 nitrogen and oxygen atoms in total. The molecule has 0 radical (unpaired) electrons. The summed E-state index contributed by atoms with van der Waals surface area (Å²) in [5.41, 5.74) is 1.12. The quantitative estimate of drug-likeness (QED) is 0.899. The van der Waals surface area contributed by atoms with E-state index >= 15 is 0 Å². The van der Waals surface area contributed by atoms with Crippen molar-refractivity contribution in [3.8, 4) is 11.5 Å². The van der Waals surface area contributed by atoms with Crippen LogP contribution in [0.4, 0.5) is 10.1 Å². The van der Waals surface area contributed by atoms with Crippen molar-refractivity contribution in [1.82, 2.24) is 0 Å². The van der Waals surface area contributed by atoms with Gasteiger partial charge in [-0.05, 0) is 29.8 Å². The van der Waals surface area contributed by atoms with E-state index in [9.17, 15) is 4.39 Å². The highest BCUT2D eigenvalue weighted by atomic mass is 35.5. The van der Waals surface area contributed by atoms with Crippen molar-refractivity contribution in [2.75, 3.05) is 18.5 Å². The van der Waals surface area contributed by atoms with Crippen molar-refractivity contribution in [3.05, 3.63) is 51.8 Å². The first-order valence-corrected chi connectivity index (χ1v) is 7.16. The zero-order chi connectivity index (χ0) is 14.8. The van der Waals surface area contributed by atoms with Gasteiger partial charge in [-0.2, -0.15) is 0 Å². The summed E-state index contributed by atoms with van der Waals surface area (Å²) in [6, 6.07) is 8.12. The average Bonchev–Trinajstić information content (AvgIpc) is 2.47. The minimum atomic E-state index is -0.397. The fourth-order valence-corrected chi connectivity index (χ4v) is 2.64. The van der Waals surface area contributed by atoms with Crippen molar-refractivity contribution in [2.24, 2.45) is 0 Å². The number of ether oxygens (including phenoxy) is 2. The number of halogens is 3. The zero-order valence-electron chi connectivity index (χ0n) is 11.0. The van der Waals surface area contributed by atoms with E-state index in [2.05, 4.69) is 5.32 Å². The fourth-order valence-electron chi connectivity index (χ4n) is 2.12. The molecule has 0 aliphatic carbocycles.